The molecule has 1 aliphatic rings. The average molecular weight is 539 g/mol. The van der Waals surface area contributed by atoms with Gasteiger partial charge in [0.1, 0.15) is 30.5 Å². The van der Waals surface area contributed by atoms with E-state index >= 15 is 0 Å². The molecular weight excluding hydrogens is 504 g/mol. The quantitative estimate of drug-likeness (QED) is 0.218. The maximum atomic E-state index is 11.4. The van der Waals surface area contributed by atoms with Crippen LogP contribution in [0.25, 0.3) is 11.1 Å². The lowest BCUT2D eigenvalue weighted by Gasteiger charge is -2.34. The first-order valence-corrected chi connectivity index (χ1v) is 13.5. The Morgan fingerprint density at radius 1 is 0.850 bits per heavy atom. The third-order valence-corrected chi connectivity index (χ3v) is 7.20. The second kappa shape index (κ2) is 12.5. The van der Waals surface area contributed by atoms with Crippen molar-refractivity contribution in [2.45, 2.75) is 39.0 Å². The molecule has 1 saturated heterocycles. The number of benzene rings is 4. The molecule has 5 rings (SSSR count). The highest BCUT2D eigenvalue weighted by Gasteiger charge is 2.23. The van der Waals surface area contributed by atoms with E-state index in [0.717, 1.165) is 33.7 Å². The highest BCUT2D eigenvalue weighted by Crippen LogP contribution is 2.43. The maximum Gasteiger partial charge on any atom is 0.404 e. The molecule has 0 aromatic heterocycles. The predicted octanol–water partition coefficient (Wildman–Crippen LogP) is 6.76. The molecule has 4 aromatic carbocycles. The second-order valence-corrected chi connectivity index (χ2v) is 10.1. The van der Waals surface area contributed by atoms with Gasteiger partial charge in [0.05, 0.1) is 5.56 Å². The first-order valence-electron chi connectivity index (χ1n) is 13.5. The van der Waals surface area contributed by atoms with Crippen LogP contribution in [-0.2, 0) is 13.2 Å². The molecule has 1 amide bonds. The van der Waals surface area contributed by atoms with Gasteiger partial charge in [-0.1, -0.05) is 72.8 Å². The summed E-state index contributed by atoms with van der Waals surface area (Å²) in [4.78, 5) is 13.2. The summed E-state index contributed by atoms with van der Waals surface area (Å²) in [5.41, 5.74) is 5.34. The van der Waals surface area contributed by atoms with E-state index in [1.165, 1.54) is 0 Å². The molecule has 1 heterocycles. The summed E-state index contributed by atoms with van der Waals surface area (Å²) in [5.74, 6) is 1.43. The molecule has 4 aromatic rings. The van der Waals surface area contributed by atoms with Crippen molar-refractivity contribution in [3.8, 4) is 28.4 Å². The van der Waals surface area contributed by atoms with Gasteiger partial charge >= 0.3 is 6.09 Å². The van der Waals surface area contributed by atoms with Crippen LogP contribution in [0.15, 0.2) is 91.0 Å². The minimum Gasteiger partial charge on any atom is -0.507 e. The zero-order valence-corrected chi connectivity index (χ0v) is 22.5. The number of aryl methyl sites for hydroxylation is 1. The Morgan fingerprint density at radius 3 is 2.05 bits per heavy atom. The fourth-order valence-corrected chi connectivity index (χ4v) is 5.01. The second-order valence-electron chi connectivity index (χ2n) is 10.1. The Morgan fingerprint density at radius 2 is 1.45 bits per heavy atom. The number of anilines is 1. The molecule has 0 atom stereocenters. The molecule has 0 bridgehead atoms. The van der Waals surface area contributed by atoms with Gasteiger partial charge in [-0.25, -0.2) is 4.79 Å². The number of ether oxygens (including phenoxy) is 2. The lowest BCUT2D eigenvalue weighted by atomic mass is 9.99. The van der Waals surface area contributed by atoms with Crippen molar-refractivity contribution < 1.29 is 24.5 Å². The van der Waals surface area contributed by atoms with Crippen molar-refractivity contribution in [3.63, 3.8) is 0 Å². The Hall–Kier alpha value is -4.65. The monoisotopic (exact) mass is 538 g/mol. The average Bonchev–Trinajstić information content (AvgIpc) is 2.97. The van der Waals surface area contributed by atoms with Gasteiger partial charge in [0.15, 0.2) is 0 Å². The minimum absolute atomic E-state index is 0.0720. The van der Waals surface area contributed by atoms with E-state index in [0.29, 0.717) is 50.5 Å². The Balaban J connectivity index is 1.44. The lowest BCUT2D eigenvalue weighted by Crippen LogP contribution is -2.44. The van der Waals surface area contributed by atoms with Crippen LogP contribution in [0.1, 0.15) is 29.5 Å². The molecular formula is C33H34N2O5. The number of piperidine rings is 1. The van der Waals surface area contributed by atoms with Crippen LogP contribution in [0.2, 0.25) is 0 Å². The number of carboxylic acid groups (broad SMARTS) is 1. The van der Waals surface area contributed by atoms with Crippen molar-refractivity contribution in [1.29, 1.82) is 0 Å². The van der Waals surface area contributed by atoms with Crippen molar-refractivity contribution >= 4 is 11.8 Å². The molecule has 7 heteroatoms. The molecule has 0 radical (unpaired) electrons. The van der Waals surface area contributed by atoms with E-state index in [4.69, 9.17) is 14.6 Å². The van der Waals surface area contributed by atoms with Crippen LogP contribution in [0.5, 0.6) is 17.2 Å². The summed E-state index contributed by atoms with van der Waals surface area (Å²) in [7, 11) is 0. The first kappa shape index (κ1) is 26.9. The number of nitrogens with zero attached hydrogens (tertiary/aromatic N) is 1. The summed E-state index contributed by atoms with van der Waals surface area (Å²) < 4.78 is 12.5. The molecule has 0 saturated carbocycles. The van der Waals surface area contributed by atoms with Crippen LogP contribution in [0.4, 0.5) is 10.5 Å². The van der Waals surface area contributed by atoms with Gasteiger partial charge < -0.3 is 29.9 Å². The van der Waals surface area contributed by atoms with Gasteiger partial charge in [-0.05, 0) is 48.1 Å². The van der Waals surface area contributed by atoms with E-state index in [1.807, 2.05) is 91.9 Å². The number of carbonyl (C=O) groups is 1. The largest absolute Gasteiger partial charge is 0.507 e. The van der Waals surface area contributed by atoms with Gasteiger partial charge in [0, 0.05) is 37.0 Å². The normalized spacial score (nSPS) is 13.6. The van der Waals surface area contributed by atoms with Crippen LogP contribution in [0, 0.1) is 6.92 Å². The van der Waals surface area contributed by atoms with Gasteiger partial charge in [0.2, 0.25) is 0 Å². The van der Waals surface area contributed by atoms with E-state index in [2.05, 4.69) is 10.2 Å². The van der Waals surface area contributed by atoms with Crippen molar-refractivity contribution in [3.05, 3.63) is 108 Å². The summed E-state index contributed by atoms with van der Waals surface area (Å²) in [6.07, 6.45) is 0.381. The van der Waals surface area contributed by atoms with Gasteiger partial charge in [0.25, 0.3) is 0 Å². The third kappa shape index (κ3) is 6.67. The number of aromatic hydroxyl groups is 1. The van der Waals surface area contributed by atoms with Crippen molar-refractivity contribution in [1.82, 2.24) is 5.32 Å². The Bertz CT molecular complexity index is 1430. The first-order chi connectivity index (χ1) is 19.5. The molecule has 0 unspecified atom stereocenters. The number of rotatable bonds is 9. The van der Waals surface area contributed by atoms with E-state index in [-0.39, 0.29) is 11.8 Å². The van der Waals surface area contributed by atoms with Crippen LogP contribution in [0.3, 0.4) is 0 Å². The van der Waals surface area contributed by atoms with Gasteiger partial charge in [-0.2, -0.15) is 0 Å². The number of phenols is 1. The fraction of sp³-hybridized carbons (Fsp3) is 0.242. The van der Waals surface area contributed by atoms with E-state index in [9.17, 15) is 9.90 Å². The molecule has 1 aliphatic heterocycles. The molecule has 1 fully saturated rings. The zero-order chi connectivity index (χ0) is 27.9. The summed E-state index contributed by atoms with van der Waals surface area (Å²) >= 11 is 0. The number of hydrogen-bond donors (Lipinski definition) is 3. The lowest BCUT2D eigenvalue weighted by molar-refractivity contribution is 0.187. The van der Waals surface area contributed by atoms with E-state index in [1.54, 1.807) is 6.07 Å². The zero-order valence-electron chi connectivity index (χ0n) is 22.5. The number of nitrogens with one attached hydrogen (secondary N) is 1. The van der Waals surface area contributed by atoms with Crippen molar-refractivity contribution in [2.24, 2.45) is 0 Å². The smallest absolute Gasteiger partial charge is 0.404 e. The minimum atomic E-state index is -0.998. The standard InChI is InChI=1S/C33H34N2O5/c1-23-12-13-26(18-30(23)39-21-24-8-4-2-5-9-24)32-29(36)19-28(35-16-14-27(15-17-35)34-33(37)38)20-31(32)40-22-25-10-6-3-7-11-25/h2-13,18-20,27,34,36H,14-17,21-22H2,1H3,(H,37,38). The Labute approximate surface area is 234 Å². The third-order valence-electron chi connectivity index (χ3n) is 7.20. The van der Waals surface area contributed by atoms with Crippen LogP contribution in [-0.4, -0.2) is 35.4 Å². The number of phenolic OH excluding ortho intramolecular Hbond substituents is 1. The fourth-order valence-electron chi connectivity index (χ4n) is 5.01. The van der Waals surface area contributed by atoms with Crippen LogP contribution >= 0.6 is 0 Å². The SMILES string of the molecule is Cc1ccc(-c2c(O)cc(N3CCC(NC(=O)O)CC3)cc2OCc2ccccc2)cc1OCc1ccccc1. The number of hydrogen-bond acceptors (Lipinski definition) is 5. The topological polar surface area (TPSA) is 91.3 Å². The highest BCUT2D eigenvalue weighted by molar-refractivity contribution is 5.81. The molecule has 206 valence electrons. The summed E-state index contributed by atoms with van der Waals surface area (Å²) in [6.45, 7) is 4.14. The molecule has 0 aliphatic carbocycles. The number of amides is 1. The molecule has 0 spiro atoms. The van der Waals surface area contributed by atoms with Crippen LogP contribution < -0.4 is 19.7 Å². The molecule has 3 N–H and O–H groups in total. The van der Waals surface area contributed by atoms with Gasteiger partial charge in [-0.3, -0.25) is 0 Å². The molecule has 7 nitrogen and oxygen atoms in total. The Kier molecular flexibility index (Phi) is 8.40. The maximum absolute atomic E-state index is 11.4. The summed E-state index contributed by atoms with van der Waals surface area (Å²) in [5, 5.41) is 23.0. The van der Waals surface area contributed by atoms with Gasteiger partial charge in [-0.15, -0.1) is 0 Å². The van der Waals surface area contributed by atoms with E-state index < -0.39 is 6.09 Å². The summed E-state index contributed by atoms with van der Waals surface area (Å²) in [6, 6.07) is 29.5. The molecule has 40 heavy (non-hydrogen) atoms. The highest BCUT2D eigenvalue weighted by atomic mass is 16.5. The predicted molar refractivity (Wildman–Crippen MR) is 156 cm³/mol. The van der Waals surface area contributed by atoms with Crippen molar-refractivity contribution in [2.75, 3.05) is 18.0 Å².